The van der Waals surface area contributed by atoms with Crippen molar-refractivity contribution in [3.8, 4) is 16.9 Å². The monoisotopic (exact) mass is 423 g/mol. The quantitative estimate of drug-likeness (QED) is 0.384. The van der Waals surface area contributed by atoms with Crippen molar-refractivity contribution in [3.05, 3.63) is 96.2 Å². The molecular weight excluding hydrogens is 406 g/mol. The van der Waals surface area contributed by atoms with Crippen molar-refractivity contribution in [2.75, 3.05) is 0 Å². The maximum absolute atomic E-state index is 13.0. The number of fused-ring (bicyclic) bond motifs is 1. The van der Waals surface area contributed by atoms with Crippen LogP contribution in [-0.4, -0.2) is 37.0 Å². The number of hydrogen-bond acceptors (Lipinski definition) is 5. The van der Waals surface area contributed by atoms with E-state index in [1.165, 1.54) is 0 Å². The summed E-state index contributed by atoms with van der Waals surface area (Å²) in [6.45, 7) is 0. The third-order valence-electron chi connectivity index (χ3n) is 4.89. The van der Waals surface area contributed by atoms with Gasteiger partial charge in [-0.15, -0.1) is 0 Å². The first-order chi connectivity index (χ1) is 15.7. The van der Waals surface area contributed by atoms with Crippen molar-refractivity contribution < 1.29 is 9.59 Å². The van der Waals surface area contributed by atoms with Gasteiger partial charge >= 0.3 is 0 Å². The van der Waals surface area contributed by atoms with Gasteiger partial charge in [0, 0.05) is 17.3 Å². The Kier molecular flexibility index (Phi) is 4.89. The molecule has 9 nitrogen and oxygen atoms in total. The topological polar surface area (TPSA) is 118 Å². The van der Waals surface area contributed by atoms with Gasteiger partial charge in [0.15, 0.2) is 0 Å². The molecule has 156 valence electrons. The molecule has 2 amide bonds. The first kappa shape index (κ1) is 19.2. The number of carbonyl (C=O) groups excluding carboxylic acids is 2. The Bertz CT molecular complexity index is 1410. The summed E-state index contributed by atoms with van der Waals surface area (Å²) in [5.74, 6) is -0.957. The second-order valence-electron chi connectivity index (χ2n) is 6.97. The minimum Gasteiger partial charge on any atom is -0.267 e. The zero-order chi connectivity index (χ0) is 21.9. The molecule has 5 aromatic rings. The number of nitrogens with one attached hydrogen (secondary N) is 3. The van der Waals surface area contributed by atoms with Gasteiger partial charge in [-0.05, 0) is 30.3 Å². The number of carbonyl (C=O) groups is 2. The number of aromatic amines is 1. The summed E-state index contributed by atoms with van der Waals surface area (Å²) in [7, 11) is 0. The number of aromatic nitrogens is 5. The molecule has 5 rings (SSSR count). The van der Waals surface area contributed by atoms with Gasteiger partial charge in [0.25, 0.3) is 11.8 Å². The molecule has 0 unspecified atom stereocenters. The highest BCUT2D eigenvalue weighted by Gasteiger charge is 2.19. The van der Waals surface area contributed by atoms with Gasteiger partial charge in [0.2, 0.25) is 0 Å². The van der Waals surface area contributed by atoms with Crippen LogP contribution in [0.2, 0.25) is 0 Å². The number of hydrazine groups is 1. The number of para-hydroxylation sites is 1. The van der Waals surface area contributed by atoms with E-state index in [9.17, 15) is 9.59 Å². The molecule has 0 bridgehead atoms. The fraction of sp³-hybridized carbons (Fsp3) is 0. The van der Waals surface area contributed by atoms with Crippen molar-refractivity contribution in [2.45, 2.75) is 0 Å². The van der Waals surface area contributed by atoms with Gasteiger partial charge in [-0.1, -0.05) is 48.5 Å². The summed E-state index contributed by atoms with van der Waals surface area (Å²) in [5, 5.41) is 15.0. The maximum Gasteiger partial charge on any atom is 0.273 e. The summed E-state index contributed by atoms with van der Waals surface area (Å²) in [5.41, 5.74) is 8.90. The number of H-pyrrole nitrogens is 1. The summed E-state index contributed by atoms with van der Waals surface area (Å²) in [6, 6.07) is 23.7. The van der Waals surface area contributed by atoms with E-state index >= 15 is 0 Å². The lowest BCUT2D eigenvalue weighted by molar-refractivity contribution is 0.0847. The number of benzene rings is 3. The third kappa shape index (κ3) is 3.70. The molecule has 32 heavy (non-hydrogen) atoms. The van der Waals surface area contributed by atoms with E-state index in [-0.39, 0.29) is 0 Å². The fourth-order valence-electron chi connectivity index (χ4n) is 3.30. The summed E-state index contributed by atoms with van der Waals surface area (Å²) < 4.78 is 1.64. The minimum absolute atomic E-state index is 0.326. The van der Waals surface area contributed by atoms with Gasteiger partial charge in [0.05, 0.1) is 11.3 Å². The van der Waals surface area contributed by atoms with Crippen LogP contribution in [0, 0.1) is 0 Å². The Labute approximate surface area is 182 Å². The van der Waals surface area contributed by atoms with Crippen LogP contribution in [0.25, 0.3) is 28.0 Å². The summed E-state index contributed by atoms with van der Waals surface area (Å²) >= 11 is 0. The minimum atomic E-state index is -0.484. The Morgan fingerprint density at radius 3 is 2.25 bits per heavy atom. The van der Waals surface area contributed by atoms with Crippen LogP contribution in [0.3, 0.4) is 0 Å². The maximum atomic E-state index is 13.0. The van der Waals surface area contributed by atoms with E-state index in [0.717, 1.165) is 11.3 Å². The van der Waals surface area contributed by atoms with Crippen molar-refractivity contribution in [2.24, 2.45) is 0 Å². The molecular formula is C23H17N7O2. The standard InChI is InChI=1S/C23H17N7O2/c31-22(16-11-12-19-20(13-16)25-29-24-19)26-27-23(32)18-14-30(17-9-5-2-6-10-17)28-21(18)15-7-3-1-4-8-15/h1-14H,(H,26,31)(H,27,32)(H,24,25,29). The van der Waals surface area contributed by atoms with Gasteiger partial charge in [0.1, 0.15) is 16.7 Å². The predicted octanol–water partition coefficient (Wildman–Crippen LogP) is 2.89. The average molecular weight is 423 g/mol. The van der Waals surface area contributed by atoms with Crippen LogP contribution < -0.4 is 10.9 Å². The number of amides is 2. The highest BCUT2D eigenvalue weighted by Crippen LogP contribution is 2.23. The first-order valence-corrected chi connectivity index (χ1v) is 9.81. The van der Waals surface area contributed by atoms with Crippen molar-refractivity contribution in [1.82, 2.24) is 36.0 Å². The average Bonchev–Trinajstić information content (AvgIpc) is 3.50. The summed E-state index contributed by atoms with van der Waals surface area (Å²) in [4.78, 5) is 25.5. The smallest absolute Gasteiger partial charge is 0.267 e. The largest absolute Gasteiger partial charge is 0.273 e. The predicted molar refractivity (Wildman–Crippen MR) is 118 cm³/mol. The van der Waals surface area contributed by atoms with Gasteiger partial charge in [-0.3, -0.25) is 20.4 Å². The Hall–Kier alpha value is -4.79. The highest BCUT2D eigenvalue weighted by atomic mass is 16.2. The highest BCUT2D eigenvalue weighted by molar-refractivity contribution is 6.03. The Morgan fingerprint density at radius 1 is 0.781 bits per heavy atom. The van der Waals surface area contributed by atoms with Crippen LogP contribution in [0.15, 0.2) is 85.1 Å². The fourth-order valence-corrected chi connectivity index (χ4v) is 3.30. The molecule has 3 aromatic carbocycles. The SMILES string of the molecule is O=C(NNC(=O)c1cn(-c2ccccc2)nc1-c1ccccc1)c1ccc2n[nH]nc2c1. The molecule has 3 N–H and O–H groups in total. The van der Waals surface area contributed by atoms with Crippen LogP contribution in [-0.2, 0) is 0 Å². The molecule has 0 radical (unpaired) electrons. The van der Waals surface area contributed by atoms with Crippen molar-refractivity contribution in [1.29, 1.82) is 0 Å². The van der Waals surface area contributed by atoms with Crippen LogP contribution in [0.1, 0.15) is 20.7 Å². The first-order valence-electron chi connectivity index (χ1n) is 9.81. The Balaban J connectivity index is 1.40. The van der Waals surface area contributed by atoms with E-state index in [1.54, 1.807) is 29.1 Å². The van der Waals surface area contributed by atoms with Crippen molar-refractivity contribution >= 4 is 22.8 Å². The molecule has 0 fully saturated rings. The van der Waals surface area contributed by atoms with E-state index in [2.05, 4.69) is 31.4 Å². The number of rotatable bonds is 4. The lowest BCUT2D eigenvalue weighted by atomic mass is 10.1. The summed E-state index contributed by atoms with van der Waals surface area (Å²) in [6.07, 6.45) is 1.64. The zero-order valence-electron chi connectivity index (χ0n) is 16.7. The molecule has 0 aliphatic carbocycles. The lowest BCUT2D eigenvalue weighted by Crippen LogP contribution is -2.41. The van der Waals surface area contributed by atoms with E-state index in [1.807, 2.05) is 60.7 Å². The number of nitrogens with zero attached hydrogens (tertiary/aromatic N) is 4. The van der Waals surface area contributed by atoms with Gasteiger partial charge in [-0.2, -0.15) is 20.5 Å². The Morgan fingerprint density at radius 2 is 1.47 bits per heavy atom. The molecule has 0 spiro atoms. The second kappa shape index (κ2) is 8.15. The van der Waals surface area contributed by atoms with E-state index in [0.29, 0.717) is 27.9 Å². The lowest BCUT2D eigenvalue weighted by Gasteiger charge is -2.07. The molecule has 2 aromatic heterocycles. The van der Waals surface area contributed by atoms with Crippen LogP contribution in [0.4, 0.5) is 0 Å². The third-order valence-corrected chi connectivity index (χ3v) is 4.89. The zero-order valence-corrected chi connectivity index (χ0v) is 16.7. The normalized spacial score (nSPS) is 10.8. The molecule has 0 saturated heterocycles. The molecule has 2 heterocycles. The molecule has 9 heteroatoms. The van der Waals surface area contributed by atoms with Gasteiger partial charge in [-0.25, -0.2) is 4.68 Å². The second-order valence-corrected chi connectivity index (χ2v) is 6.97. The van der Waals surface area contributed by atoms with Crippen molar-refractivity contribution in [3.63, 3.8) is 0 Å². The molecule has 0 atom stereocenters. The van der Waals surface area contributed by atoms with E-state index in [4.69, 9.17) is 0 Å². The van der Waals surface area contributed by atoms with Crippen LogP contribution >= 0.6 is 0 Å². The van der Waals surface area contributed by atoms with E-state index < -0.39 is 11.8 Å². The van der Waals surface area contributed by atoms with Gasteiger partial charge < -0.3 is 0 Å². The van der Waals surface area contributed by atoms with Crippen LogP contribution in [0.5, 0.6) is 0 Å². The number of hydrogen-bond donors (Lipinski definition) is 3. The molecule has 0 saturated carbocycles. The molecule has 0 aliphatic rings. The molecule has 0 aliphatic heterocycles.